The molecule has 2 amide bonds. The fourth-order valence-electron chi connectivity index (χ4n) is 2.50. The lowest BCUT2D eigenvalue weighted by molar-refractivity contribution is -0.132. The van der Waals surface area contributed by atoms with Crippen molar-refractivity contribution in [3.63, 3.8) is 0 Å². The van der Waals surface area contributed by atoms with Gasteiger partial charge in [0.25, 0.3) is 0 Å². The lowest BCUT2D eigenvalue weighted by atomic mass is 9.84. The molecule has 0 saturated carbocycles. The zero-order valence-corrected chi connectivity index (χ0v) is 16.1. The molecule has 1 radical (unpaired) electrons. The second kappa shape index (κ2) is 6.70. The Morgan fingerprint density at radius 2 is 1.77 bits per heavy atom. The number of likely N-dealkylation sites (tertiary alicyclic amines) is 1. The first-order valence-electron chi connectivity index (χ1n) is 7.82. The molecular weight excluding hydrogens is 298 g/mol. The maximum absolute atomic E-state index is 12.7. The van der Waals surface area contributed by atoms with Crippen molar-refractivity contribution < 1.29 is 18.8 Å². The highest BCUT2D eigenvalue weighted by atomic mass is 28.3. The Kier molecular flexibility index (Phi) is 5.84. The minimum Gasteiger partial charge on any atom is -0.443 e. The summed E-state index contributed by atoms with van der Waals surface area (Å²) in [5.41, 5.74) is -0.801. The van der Waals surface area contributed by atoms with Gasteiger partial charge in [0.05, 0.1) is 5.92 Å². The highest BCUT2D eigenvalue weighted by Crippen LogP contribution is 2.37. The Labute approximate surface area is 136 Å². The second-order valence-corrected chi connectivity index (χ2v) is 10.3. The summed E-state index contributed by atoms with van der Waals surface area (Å²) >= 11 is 0. The first-order chi connectivity index (χ1) is 9.83. The molecule has 1 unspecified atom stereocenters. The van der Waals surface area contributed by atoms with Crippen molar-refractivity contribution in [1.29, 1.82) is 0 Å². The normalized spacial score (nSPS) is 23.3. The van der Waals surface area contributed by atoms with Crippen molar-refractivity contribution in [2.45, 2.75) is 72.7 Å². The first-order valence-corrected chi connectivity index (χ1v) is 10.2. The molecule has 2 atom stereocenters. The van der Waals surface area contributed by atoms with Crippen LogP contribution in [0.15, 0.2) is 0 Å². The molecule has 0 spiro atoms. The molecule has 6 heteroatoms. The molecule has 1 aliphatic rings. The highest BCUT2D eigenvalue weighted by molar-refractivity contribution is 6.48. The van der Waals surface area contributed by atoms with Crippen molar-refractivity contribution >= 4 is 21.0 Å². The van der Waals surface area contributed by atoms with Crippen molar-refractivity contribution in [2.75, 3.05) is 6.61 Å². The number of imide groups is 1. The number of nitrogens with zero attached hydrogens (tertiary/aromatic N) is 1. The van der Waals surface area contributed by atoms with Crippen LogP contribution in [0.3, 0.4) is 0 Å². The number of amides is 2. The average molecular weight is 329 g/mol. The highest BCUT2D eigenvalue weighted by Gasteiger charge is 2.49. The van der Waals surface area contributed by atoms with Gasteiger partial charge in [-0.2, -0.15) is 0 Å². The van der Waals surface area contributed by atoms with E-state index in [1.165, 1.54) is 4.90 Å². The van der Waals surface area contributed by atoms with Gasteiger partial charge in [-0.25, -0.2) is 9.69 Å². The quantitative estimate of drug-likeness (QED) is 0.745. The molecule has 1 aliphatic heterocycles. The van der Waals surface area contributed by atoms with E-state index in [4.69, 9.17) is 9.16 Å². The topological polar surface area (TPSA) is 55.8 Å². The standard InChI is InChI=1S/C16H30NO4Si/c1-15(2,3)12-9-11(10-20-22(7)8)13(18)17(12)14(19)21-16(4,5)6/h11-12H,9-10H2,1-8H3/t11?,12-/m0/s1. The van der Waals surface area contributed by atoms with Crippen LogP contribution in [0.2, 0.25) is 13.1 Å². The largest absolute Gasteiger partial charge is 0.443 e. The van der Waals surface area contributed by atoms with Gasteiger partial charge in [0.15, 0.2) is 0 Å². The molecular formula is C16H30NO4Si. The molecule has 0 N–H and O–H groups in total. The van der Waals surface area contributed by atoms with Crippen LogP contribution in [0.25, 0.3) is 0 Å². The third-order valence-corrected chi connectivity index (χ3v) is 4.31. The van der Waals surface area contributed by atoms with Gasteiger partial charge in [-0.1, -0.05) is 20.8 Å². The Hall–Kier alpha value is -0.883. The number of hydrogen-bond acceptors (Lipinski definition) is 4. The Morgan fingerprint density at radius 1 is 1.23 bits per heavy atom. The second-order valence-electron chi connectivity index (χ2n) is 8.22. The van der Waals surface area contributed by atoms with Crippen molar-refractivity contribution in [2.24, 2.45) is 11.3 Å². The summed E-state index contributed by atoms with van der Waals surface area (Å²) in [6, 6.07) is -0.159. The third-order valence-electron chi connectivity index (χ3n) is 3.57. The van der Waals surface area contributed by atoms with Crippen LogP contribution in [-0.4, -0.2) is 44.2 Å². The summed E-state index contributed by atoms with van der Waals surface area (Å²) in [5.74, 6) is -0.422. The average Bonchev–Trinajstić information content (AvgIpc) is 2.61. The maximum Gasteiger partial charge on any atom is 0.417 e. The maximum atomic E-state index is 12.7. The van der Waals surface area contributed by atoms with Crippen LogP contribution in [0.4, 0.5) is 4.79 Å². The fraction of sp³-hybridized carbons (Fsp3) is 0.875. The monoisotopic (exact) mass is 328 g/mol. The van der Waals surface area contributed by atoms with Crippen LogP contribution in [-0.2, 0) is 14.0 Å². The molecule has 0 aromatic rings. The van der Waals surface area contributed by atoms with E-state index in [2.05, 4.69) is 0 Å². The van der Waals surface area contributed by atoms with Crippen molar-refractivity contribution in [3.8, 4) is 0 Å². The molecule has 1 fully saturated rings. The SMILES string of the molecule is C[Si](C)OCC1C[C@@H](C(C)(C)C)N(C(=O)OC(C)(C)C)C1=O. The van der Waals surface area contributed by atoms with Gasteiger partial charge in [0.2, 0.25) is 14.9 Å². The van der Waals surface area contributed by atoms with Crippen LogP contribution in [0.1, 0.15) is 48.0 Å². The van der Waals surface area contributed by atoms with E-state index < -0.39 is 20.7 Å². The molecule has 0 aromatic carbocycles. The van der Waals surface area contributed by atoms with Gasteiger partial charge in [-0.05, 0) is 45.7 Å². The molecule has 127 valence electrons. The Balaban J connectivity index is 2.94. The van der Waals surface area contributed by atoms with Crippen LogP contribution in [0.5, 0.6) is 0 Å². The Morgan fingerprint density at radius 3 is 2.18 bits per heavy atom. The van der Waals surface area contributed by atoms with E-state index in [9.17, 15) is 9.59 Å². The molecule has 0 bridgehead atoms. The smallest absolute Gasteiger partial charge is 0.417 e. The third kappa shape index (κ3) is 5.09. The summed E-state index contributed by atoms with van der Waals surface area (Å²) in [6.45, 7) is 16.0. The van der Waals surface area contributed by atoms with Gasteiger partial charge in [0.1, 0.15) is 5.60 Å². The van der Waals surface area contributed by atoms with Crippen LogP contribution < -0.4 is 0 Å². The predicted molar refractivity (Wildman–Crippen MR) is 87.9 cm³/mol. The molecule has 1 heterocycles. The lowest BCUT2D eigenvalue weighted by Gasteiger charge is -2.34. The number of carbonyl (C=O) groups is 2. The van der Waals surface area contributed by atoms with Gasteiger partial charge < -0.3 is 9.16 Å². The molecule has 22 heavy (non-hydrogen) atoms. The van der Waals surface area contributed by atoms with E-state index in [-0.39, 0.29) is 23.3 Å². The van der Waals surface area contributed by atoms with E-state index >= 15 is 0 Å². The van der Waals surface area contributed by atoms with E-state index in [1.807, 2.05) is 33.9 Å². The number of carbonyl (C=O) groups excluding carboxylic acids is 2. The molecule has 1 rings (SSSR count). The van der Waals surface area contributed by atoms with Gasteiger partial charge >= 0.3 is 6.09 Å². The minimum absolute atomic E-state index is 0.159. The predicted octanol–water partition coefficient (Wildman–Crippen LogP) is 3.45. The van der Waals surface area contributed by atoms with Gasteiger partial charge in [0, 0.05) is 12.6 Å². The van der Waals surface area contributed by atoms with Gasteiger partial charge in [-0.3, -0.25) is 4.79 Å². The Bertz CT molecular complexity index is 423. The van der Waals surface area contributed by atoms with Crippen molar-refractivity contribution in [3.05, 3.63) is 0 Å². The van der Waals surface area contributed by atoms with E-state index in [1.54, 1.807) is 20.8 Å². The summed E-state index contributed by atoms with van der Waals surface area (Å²) in [4.78, 5) is 26.4. The molecule has 5 nitrogen and oxygen atoms in total. The zero-order chi connectivity index (χ0) is 17.3. The zero-order valence-electron chi connectivity index (χ0n) is 15.1. The summed E-state index contributed by atoms with van der Waals surface area (Å²) < 4.78 is 11.1. The van der Waals surface area contributed by atoms with Crippen LogP contribution >= 0.6 is 0 Å². The van der Waals surface area contributed by atoms with Crippen molar-refractivity contribution in [1.82, 2.24) is 4.90 Å². The number of hydrogen-bond donors (Lipinski definition) is 0. The lowest BCUT2D eigenvalue weighted by Crippen LogP contribution is -2.47. The summed E-state index contributed by atoms with van der Waals surface area (Å²) in [6.07, 6.45) is 0.0925. The minimum atomic E-state index is -0.850. The summed E-state index contributed by atoms with van der Waals surface area (Å²) in [7, 11) is -0.850. The molecule has 0 aliphatic carbocycles. The number of rotatable bonds is 3. The fourth-order valence-corrected chi connectivity index (χ4v) is 3.04. The molecule has 0 aromatic heterocycles. The van der Waals surface area contributed by atoms with E-state index in [0.29, 0.717) is 13.0 Å². The summed E-state index contributed by atoms with van der Waals surface area (Å²) in [5, 5.41) is 0. The number of ether oxygens (including phenoxy) is 1. The molecule has 1 saturated heterocycles. The first kappa shape index (κ1) is 19.2. The van der Waals surface area contributed by atoms with Crippen LogP contribution in [0, 0.1) is 11.3 Å². The van der Waals surface area contributed by atoms with E-state index in [0.717, 1.165) is 0 Å². The van der Waals surface area contributed by atoms with Gasteiger partial charge in [-0.15, -0.1) is 0 Å².